The molecule has 3 amide bonds. The number of rotatable bonds is 7. The van der Waals surface area contributed by atoms with Crippen molar-refractivity contribution in [2.45, 2.75) is 32.7 Å². The maximum atomic E-state index is 12.8. The first-order chi connectivity index (χ1) is 15.4. The summed E-state index contributed by atoms with van der Waals surface area (Å²) in [6.07, 6.45) is 2.88. The van der Waals surface area contributed by atoms with E-state index in [1.807, 2.05) is 55.1 Å². The van der Waals surface area contributed by atoms with Crippen LogP contribution in [0.1, 0.15) is 44.7 Å². The average molecular weight is 434 g/mol. The van der Waals surface area contributed by atoms with E-state index in [1.165, 1.54) is 0 Å². The lowest BCUT2D eigenvalue weighted by Crippen LogP contribution is -2.53. The zero-order chi connectivity index (χ0) is 23.1. The molecule has 168 valence electrons. The molecule has 0 spiro atoms. The minimum Gasteiger partial charge on any atom is -0.351 e. The van der Waals surface area contributed by atoms with Gasteiger partial charge < -0.3 is 15.5 Å². The Balaban J connectivity index is 1.68. The Hall–Kier alpha value is -3.41. The van der Waals surface area contributed by atoms with Crippen LogP contribution < -0.4 is 10.6 Å². The number of hydrogen-bond acceptors (Lipinski definition) is 3. The van der Waals surface area contributed by atoms with E-state index in [2.05, 4.69) is 17.2 Å². The van der Waals surface area contributed by atoms with Gasteiger partial charge in [-0.1, -0.05) is 41.5 Å². The van der Waals surface area contributed by atoms with Gasteiger partial charge in [-0.2, -0.15) is 0 Å². The van der Waals surface area contributed by atoms with E-state index in [-0.39, 0.29) is 23.6 Å². The summed E-state index contributed by atoms with van der Waals surface area (Å²) in [6.45, 7) is 8.97. The number of carbonyl (C=O) groups excluding carboxylic acids is 3. The second kappa shape index (κ2) is 10.8. The van der Waals surface area contributed by atoms with E-state index in [4.69, 9.17) is 0 Å². The molecule has 0 unspecified atom stereocenters. The predicted octanol–water partition coefficient (Wildman–Crippen LogP) is 3.26. The van der Waals surface area contributed by atoms with Gasteiger partial charge >= 0.3 is 0 Å². The van der Waals surface area contributed by atoms with Crippen LogP contribution in [0.15, 0.2) is 61.2 Å². The van der Waals surface area contributed by atoms with Crippen LogP contribution in [-0.2, 0) is 4.79 Å². The van der Waals surface area contributed by atoms with Gasteiger partial charge in [-0.15, -0.1) is 6.58 Å². The third-order valence-corrected chi connectivity index (χ3v) is 5.87. The minimum absolute atomic E-state index is 0.0000877. The Bertz CT molecular complexity index is 976. The summed E-state index contributed by atoms with van der Waals surface area (Å²) >= 11 is 0. The van der Waals surface area contributed by atoms with Crippen LogP contribution in [0.25, 0.3) is 0 Å². The number of likely N-dealkylation sites (tertiary alicyclic amines) is 1. The van der Waals surface area contributed by atoms with Crippen molar-refractivity contribution < 1.29 is 14.4 Å². The fourth-order valence-electron chi connectivity index (χ4n) is 4.01. The average Bonchev–Trinajstić information content (AvgIpc) is 2.81. The summed E-state index contributed by atoms with van der Waals surface area (Å²) < 4.78 is 0. The van der Waals surface area contributed by atoms with Crippen LogP contribution >= 0.6 is 0 Å². The fraction of sp³-hybridized carbons (Fsp3) is 0.346. The van der Waals surface area contributed by atoms with Gasteiger partial charge in [0.15, 0.2) is 0 Å². The zero-order valence-corrected chi connectivity index (χ0v) is 18.8. The molecule has 0 aromatic heterocycles. The predicted molar refractivity (Wildman–Crippen MR) is 125 cm³/mol. The van der Waals surface area contributed by atoms with Crippen LogP contribution in [0.3, 0.4) is 0 Å². The third-order valence-electron chi connectivity index (χ3n) is 5.87. The van der Waals surface area contributed by atoms with Crippen molar-refractivity contribution in [1.82, 2.24) is 15.5 Å². The molecule has 32 heavy (non-hydrogen) atoms. The highest BCUT2D eigenvalue weighted by Gasteiger charge is 2.34. The molecule has 0 bridgehead atoms. The molecule has 6 heteroatoms. The summed E-state index contributed by atoms with van der Waals surface area (Å²) in [5.74, 6) is -0.560. The van der Waals surface area contributed by atoms with Gasteiger partial charge in [0.2, 0.25) is 5.91 Å². The molecule has 1 aliphatic heterocycles. The molecule has 2 aromatic rings. The van der Waals surface area contributed by atoms with Gasteiger partial charge in [-0.05, 0) is 56.9 Å². The molecular weight excluding hydrogens is 402 g/mol. The molecule has 3 rings (SSSR count). The molecule has 1 atom stereocenters. The highest BCUT2D eigenvalue weighted by atomic mass is 16.2. The molecule has 1 fully saturated rings. The fourth-order valence-corrected chi connectivity index (χ4v) is 4.01. The normalized spacial score (nSPS) is 15.0. The van der Waals surface area contributed by atoms with E-state index >= 15 is 0 Å². The number of aryl methyl sites for hydroxylation is 2. The second-order valence-electron chi connectivity index (χ2n) is 8.35. The van der Waals surface area contributed by atoms with Crippen LogP contribution in [0.4, 0.5) is 0 Å². The summed E-state index contributed by atoms with van der Waals surface area (Å²) in [5, 5.41) is 5.74. The largest absolute Gasteiger partial charge is 0.351 e. The lowest BCUT2D eigenvalue weighted by molar-refractivity contribution is -0.124. The zero-order valence-electron chi connectivity index (χ0n) is 18.8. The molecule has 0 saturated carbocycles. The standard InChI is InChI=1S/C26H31N3O3/c1-4-14-27-25(31)23(28-24(30)22-7-5-6-19(3)17-22)20-12-15-29(16-13-20)26(32)21-10-8-18(2)9-11-21/h4-11,17,20,23H,1,12-16H2,2-3H3,(H,27,31)(H,28,30)/t23-/m1/s1. The van der Waals surface area contributed by atoms with Crippen molar-refractivity contribution in [3.8, 4) is 0 Å². The number of carbonyl (C=O) groups is 3. The number of nitrogens with one attached hydrogen (secondary N) is 2. The number of hydrogen-bond donors (Lipinski definition) is 2. The molecular formula is C26H31N3O3. The Morgan fingerprint density at radius 2 is 1.72 bits per heavy atom. The molecule has 2 aromatic carbocycles. The monoisotopic (exact) mass is 433 g/mol. The molecule has 0 aliphatic carbocycles. The number of nitrogens with zero attached hydrogens (tertiary/aromatic N) is 1. The van der Waals surface area contributed by atoms with Gasteiger partial charge in [-0.3, -0.25) is 14.4 Å². The lowest BCUT2D eigenvalue weighted by atomic mass is 9.88. The van der Waals surface area contributed by atoms with Crippen molar-refractivity contribution >= 4 is 17.7 Å². The van der Waals surface area contributed by atoms with E-state index in [1.54, 1.807) is 18.2 Å². The Morgan fingerprint density at radius 1 is 1.03 bits per heavy atom. The maximum absolute atomic E-state index is 12.8. The van der Waals surface area contributed by atoms with Crippen LogP contribution in [-0.4, -0.2) is 48.3 Å². The SMILES string of the molecule is C=CCNC(=O)[C@H](NC(=O)c1cccc(C)c1)C1CCN(C(=O)c2ccc(C)cc2)CC1. The van der Waals surface area contributed by atoms with Crippen molar-refractivity contribution in [3.05, 3.63) is 83.4 Å². The van der Waals surface area contributed by atoms with E-state index in [0.717, 1.165) is 11.1 Å². The van der Waals surface area contributed by atoms with E-state index in [9.17, 15) is 14.4 Å². The smallest absolute Gasteiger partial charge is 0.253 e. The highest BCUT2D eigenvalue weighted by molar-refractivity contribution is 5.98. The lowest BCUT2D eigenvalue weighted by Gasteiger charge is -2.36. The Labute approximate surface area is 189 Å². The molecule has 1 aliphatic rings. The van der Waals surface area contributed by atoms with Crippen molar-refractivity contribution in [2.24, 2.45) is 5.92 Å². The number of benzene rings is 2. The van der Waals surface area contributed by atoms with Crippen LogP contribution in [0.2, 0.25) is 0 Å². The minimum atomic E-state index is -0.667. The summed E-state index contributed by atoms with van der Waals surface area (Å²) in [4.78, 5) is 40.3. The van der Waals surface area contributed by atoms with E-state index < -0.39 is 6.04 Å². The molecule has 2 N–H and O–H groups in total. The van der Waals surface area contributed by atoms with E-state index in [0.29, 0.717) is 43.6 Å². The Kier molecular flexibility index (Phi) is 7.82. The third kappa shape index (κ3) is 5.84. The van der Waals surface area contributed by atoms with Gasteiger partial charge in [0.1, 0.15) is 6.04 Å². The maximum Gasteiger partial charge on any atom is 0.253 e. The summed E-state index contributed by atoms with van der Waals surface area (Å²) in [5.41, 5.74) is 3.28. The first-order valence-corrected chi connectivity index (χ1v) is 11.0. The summed E-state index contributed by atoms with van der Waals surface area (Å²) in [7, 11) is 0. The number of amides is 3. The molecule has 0 radical (unpaired) electrons. The Morgan fingerprint density at radius 3 is 2.34 bits per heavy atom. The van der Waals surface area contributed by atoms with Crippen molar-refractivity contribution in [3.63, 3.8) is 0 Å². The first-order valence-electron chi connectivity index (χ1n) is 11.0. The first kappa shape index (κ1) is 23.3. The quantitative estimate of drug-likeness (QED) is 0.658. The highest BCUT2D eigenvalue weighted by Crippen LogP contribution is 2.23. The van der Waals surface area contributed by atoms with Gasteiger partial charge in [0, 0.05) is 30.8 Å². The summed E-state index contributed by atoms with van der Waals surface area (Å²) in [6, 6.07) is 14.2. The van der Waals surface area contributed by atoms with Crippen LogP contribution in [0, 0.1) is 19.8 Å². The second-order valence-corrected chi connectivity index (χ2v) is 8.35. The molecule has 1 saturated heterocycles. The van der Waals surface area contributed by atoms with Gasteiger partial charge in [-0.25, -0.2) is 0 Å². The van der Waals surface area contributed by atoms with Crippen molar-refractivity contribution in [2.75, 3.05) is 19.6 Å². The van der Waals surface area contributed by atoms with Gasteiger partial charge in [0.05, 0.1) is 0 Å². The van der Waals surface area contributed by atoms with Gasteiger partial charge in [0.25, 0.3) is 11.8 Å². The molecule has 1 heterocycles. The topological polar surface area (TPSA) is 78.5 Å². The molecule has 6 nitrogen and oxygen atoms in total. The van der Waals surface area contributed by atoms with Crippen molar-refractivity contribution in [1.29, 1.82) is 0 Å². The number of piperidine rings is 1. The van der Waals surface area contributed by atoms with Crippen LogP contribution in [0.5, 0.6) is 0 Å².